The molecule has 1 aliphatic rings. The molecular weight excluding hydrogens is 336 g/mol. The fraction of sp³-hybridized carbons (Fsp3) is 0.435. The Morgan fingerprint density at radius 1 is 1.04 bits per heavy atom. The summed E-state index contributed by atoms with van der Waals surface area (Å²) in [6, 6.07) is 20.2. The number of rotatable bonds is 4. The van der Waals surface area contributed by atoms with Crippen LogP contribution in [0.15, 0.2) is 59.6 Å². The first-order chi connectivity index (χ1) is 12.4. The standard InChI is InChI=1S/C23H30N2S/c1-18(20-9-6-5-7-10-20)25(22-24-15-8-16-26-22)17-19-11-13-21(14-12-19)23(2,3)4/h5-7,9-14,18H,8,15-17H2,1-4H3. The Labute approximate surface area is 162 Å². The minimum Gasteiger partial charge on any atom is -0.340 e. The molecule has 0 saturated carbocycles. The van der Waals surface area contributed by atoms with Gasteiger partial charge in [0.25, 0.3) is 0 Å². The summed E-state index contributed by atoms with van der Waals surface area (Å²) in [6.07, 6.45) is 1.18. The quantitative estimate of drug-likeness (QED) is 0.655. The molecule has 1 unspecified atom stereocenters. The summed E-state index contributed by atoms with van der Waals surface area (Å²) in [7, 11) is 0. The van der Waals surface area contributed by atoms with E-state index < -0.39 is 0 Å². The Bertz CT molecular complexity index is 729. The lowest BCUT2D eigenvalue weighted by Gasteiger charge is -2.33. The third-order valence-electron chi connectivity index (χ3n) is 4.95. The van der Waals surface area contributed by atoms with Crippen LogP contribution < -0.4 is 0 Å². The largest absolute Gasteiger partial charge is 0.340 e. The molecule has 3 rings (SSSR count). The number of thioether (sulfide) groups is 1. The van der Waals surface area contributed by atoms with Gasteiger partial charge in [0.2, 0.25) is 0 Å². The van der Waals surface area contributed by atoms with E-state index in [1.807, 2.05) is 11.8 Å². The second kappa shape index (κ2) is 8.30. The van der Waals surface area contributed by atoms with Crippen molar-refractivity contribution in [2.45, 2.75) is 52.1 Å². The number of hydrogen-bond acceptors (Lipinski definition) is 3. The van der Waals surface area contributed by atoms with Crippen LogP contribution in [0.3, 0.4) is 0 Å². The average molecular weight is 367 g/mol. The maximum Gasteiger partial charge on any atom is 0.159 e. The minimum atomic E-state index is 0.193. The Kier molecular flexibility index (Phi) is 6.08. The van der Waals surface area contributed by atoms with Gasteiger partial charge in [0.1, 0.15) is 0 Å². The van der Waals surface area contributed by atoms with Gasteiger partial charge in [0, 0.05) is 18.8 Å². The van der Waals surface area contributed by atoms with Gasteiger partial charge >= 0.3 is 0 Å². The van der Waals surface area contributed by atoms with Crippen LogP contribution >= 0.6 is 11.8 Å². The molecule has 0 saturated heterocycles. The highest BCUT2D eigenvalue weighted by atomic mass is 32.2. The molecule has 2 aromatic rings. The molecule has 2 aromatic carbocycles. The van der Waals surface area contributed by atoms with Gasteiger partial charge in [0.15, 0.2) is 5.17 Å². The fourth-order valence-corrected chi connectivity index (χ4v) is 4.24. The molecule has 1 aliphatic heterocycles. The fourth-order valence-electron chi connectivity index (χ4n) is 3.21. The Hall–Kier alpha value is -1.74. The first-order valence-electron chi connectivity index (χ1n) is 9.53. The van der Waals surface area contributed by atoms with Crippen molar-refractivity contribution in [1.82, 2.24) is 4.90 Å². The van der Waals surface area contributed by atoms with Crippen LogP contribution in [0.2, 0.25) is 0 Å². The second-order valence-corrected chi connectivity index (χ2v) is 9.09. The topological polar surface area (TPSA) is 15.6 Å². The van der Waals surface area contributed by atoms with Crippen molar-refractivity contribution in [3.63, 3.8) is 0 Å². The van der Waals surface area contributed by atoms with Crippen LogP contribution in [-0.2, 0) is 12.0 Å². The number of aliphatic imine (C=N–C) groups is 1. The molecule has 3 heteroatoms. The van der Waals surface area contributed by atoms with E-state index in [0.717, 1.165) is 13.1 Å². The van der Waals surface area contributed by atoms with Crippen LogP contribution in [0.5, 0.6) is 0 Å². The van der Waals surface area contributed by atoms with Crippen LogP contribution in [0.1, 0.15) is 56.8 Å². The monoisotopic (exact) mass is 366 g/mol. The van der Waals surface area contributed by atoms with Crippen molar-refractivity contribution < 1.29 is 0 Å². The van der Waals surface area contributed by atoms with Gasteiger partial charge in [-0.15, -0.1) is 0 Å². The molecule has 0 bridgehead atoms. The molecular formula is C23H30N2S. The zero-order chi connectivity index (χ0) is 18.6. The van der Waals surface area contributed by atoms with E-state index >= 15 is 0 Å². The van der Waals surface area contributed by atoms with Gasteiger partial charge in [-0.05, 0) is 35.4 Å². The summed E-state index contributed by atoms with van der Waals surface area (Å²) in [5.74, 6) is 1.17. The number of amidine groups is 1. The van der Waals surface area contributed by atoms with Gasteiger partial charge in [-0.3, -0.25) is 4.99 Å². The van der Waals surface area contributed by atoms with Crippen LogP contribution in [0, 0.1) is 0 Å². The molecule has 1 heterocycles. The summed E-state index contributed by atoms with van der Waals surface area (Å²) in [5, 5.41) is 1.19. The SMILES string of the molecule is CC(c1ccccc1)N(Cc1ccc(C(C)(C)C)cc1)C1=NCCCS1. The molecule has 0 fully saturated rings. The first kappa shape index (κ1) is 19.0. The highest BCUT2D eigenvalue weighted by Gasteiger charge is 2.22. The predicted molar refractivity (Wildman–Crippen MR) is 115 cm³/mol. The Balaban J connectivity index is 1.85. The summed E-state index contributed by atoms with van der Waals surface area (Å²) in [5.41, 5.74) is 4.26. The van der Waals surface area contributed by atoms with Crippen LogP contribution in [0.25, 0.3) is 0 Å². The summed E-state index contributed by atoms with van der Waals surface area (Å²) >= 11 is 1.90. The van der Waals surface area contributed by atoms with E-state index in [-0.39, 0.29) is 5.41 Å². The van der Waals surface area contributed by atoms with Gasteiger partial charge in [0.05, 0.1) is 6.04 Å². The molecule has 0 aromatic heterocycles. The lowest BCUT2D eigenvalue weighted by molar-refractivity contribution is 0.334. The minimum absolute atomic E-state index is 0.193. The molecule has 0 N–H and O–H groups in total. The molecule has 0 amide bonds. The number of nitrogens with zero attached hydrogens (tertiary/aromatic N) is 2. The third kappa shape index (κ3) is 4.70. The predicted octanol–water partition coefficient (Wildman–Crippen LogP) is 6.04. The lowest BCUT2D eigenvalue weighted by atomic mass is 9.86. The zero-order valence-corrected chi connectivity index (χ0v) is 17.2. The number of hydrogen-bond donors (Lipinski definition) is 0. The average Bonchev–Trinajstić information content (AvgIpc) is 2.66. The van der Waals surface area contributed by atoms with Crippen LogP contribution in [0.4, 0.5) is 0 Å². The van der Waals surface area contributed by atoms with Gasteiger partial charge in [-0.25, -0.2) is 0 Å². The summed E-state index contributed by atoms with van der Waals surface area (Å²) < 4.78 is 0. The van der Waals surface area contributed by atoms with Gasteiger partial charge in [-0.1, -0.05) is 87.1 Å². The summed E-state index contributed by atoms with van der Waals surface area (Å²) in [4.78, 5) is 7.30. The first-order valence-corrected chi connectivity index (χ1v) is 10.5. The molecule has 0 radical (unpaired) electrons. The molecule has 138 valence electrons. The second-order valence-electron chi connectivity index (χ2n) is 8.03. The van der Waals surface area contributed by atoms with E-state index in [2.05, 4.69) is 87.2 Å². The van der Waals surface area contributed by atoms with E-state index in [1.165, 1.54) is 34.0 Å². The Morgan fingerprint density at radius 2 is 1.73 bits per heavy atom. The molecule has 0 spiro atoms. The van der Waals surface area contributed by atoms with E-state index in [9.17, 15) is 0 Å². The molecule has 1 atom stereocenters. The van der Waals surface area contributed by atoms with E-state index in [1.54, 1.807) is 0 Å². The Morgan fingerprint density at radius 3 is 2.31 bits per heavy atom. The lowest BCUT2D eigenvalue weighted by Crippen LogP contribution is -2.33. The zero-order valence-electron chi connectivity index (χ0n) is 16.4. The molecule has 2 nitrogen and oxygen atoms in total. The third-order valence-corrected chi connectivity index (χ3v) is 6.06. The maximum atomic E-state index is 4.83. The summed E-state index contributed by atoms with van der Waals surface area (Å²) in [6.45, 7) is 10.9. The number of benzene rings is 2. The molecule has 0 aliphatic carbocycles. The van der Waals surface area contributed by atoms with Crippen molar-refractivity contribution >= 4 is 16.9 Å². The van der Waals surface area contributed by atoms with Gasteiger partial charge in [-0.2, -0.15) is 0 Å². The van der Waals surface area contributed by atoms with E-state index in [4.69, 9.17) is 4.99 Å². The van der Waals surface area contributed by atoms with Crippen molar-refractivity contribution in [1.29, 1.82) is 0 Å². The van der Waals surface area contributed by atoms with Gasteiger partial charge < -0.3 is 4.90 Å². The van der Waals surface area contributed by atoms with Crippen molar-refractivity contribution in [2.75, 3.05) is 12.3 Å². The van der Waals surface area contributed by atoms with Crippen molar-refractivity contribution in [2.24, 2.45) is 4.99 Å². The highest BCUT2D eigenvalue weighted by Crippen LogP contribution is 2.29. The smallest absolute Gasteiger partial charge is 0.159 e. The normalized spacial score (nSPS) is 16.1. The van der Waals surface area contributed by atoms with Crippen molar-refractivity contribution in [3.05, 3.63) is 71.3 Å². The maximum absolute atomic E-state index is 4.83. The van der Waals surface area contributed by atoms with Crippen LogP contribution in [-0.4, -0.2) is 22.4 Å². The molecule has 26 heavy (non-hydrogen) atoms. The highest BCUT2D eigenvalue weighted by molar-refractivity contribution is 8.13. The van der Waals surface area contributed by atoms with E-state index in [0.29, 0.717) is 6.04 Å². The van der Waals surface area contributed by atoms with Crippen molar-refractivity contribution in [3.8, 4) is 0 Å².